The average Bonchev–Trinajstić information content (AvgIpc) is 1.96. The van der Waals surface area contributed by atoms with Crippen LogP contribution in [-0.2, 0) is 0 Å². The van der Waals surface area contributed by atoms with Gasteiger partial charge in [-0.2, -0.15) is 0 Å². The maximum Gasteiger partial charge on any atom is 0.315 e. The van der Waals surface area contributed by atoms with Gasteiger partial charge >= 0.3 is 5.97 Å². The molecule has 0 unspecified atom stereocenters. The Morgan fingerprint density at radius 2 is 1.92 bits per heavy atom. The van der Waals surface area contributed by atoms with Crippen molar-refractivity contribution in [3.05, 3.63) is 11.1 Å². The van der Waals surface area contributed by atoms with Crippen LogP contribution in [0.2, 0.25) is 0 Å². The molecule has 0 aromatic rings. The van der Waals surface area contributed by atoms with E-state index in [1.54, 1.807) is 0 Å². The monoisotopic (exact) mass is 194 g/mol. The van der Waals surface area contributed by atoms with E-state index in [2.05, 4.69) is 6.92 Å². The molecule has 0 aromatic carbocycles. The molecule has 0 aliphatic rings. The Morgan fingerprint density at radius 3 is 2.33 bits per heavy atom. The van der Waals surface area contributed by atoms with E-state index in [1.807, 2.05) is 0 Å². The fraction of sp³-hybridized carbons (Fsp3) is 0.750. The van der Waals surface area contributed by atoms with Crippen molar-refractivity contribution < 1.29 is 15.3 Å². The first-order valence-corrected chi connectivity index (χ1v) is 4.39. The third-order valence-corrected chi connectivity index (χ3v) is 1.86. The molecule has 0 bridgehead atoms. The zero-order chi connectivity index (χ0) is 9.61. The van der Waals surface area contributed by atoms with Gasteiger partial charge in [0.05, 0.1) is 0 Å². The minimum Gasteiger partial charge on any atom is -0.339 e. The highest BCUT2D eigenvalue weighted by atomic mass is 35.5. The first-order valence-electron chi connectivity index (χ1n) is 4.01. The lowest BCUT2D eigenvalue weighted by molar-refractivity contribution is -0.277. The van der Waals surface area contributed by atoms with Crippen molar-refractivity contribution in [2.45, 2.75) is 38.6 Å². The molecule has 0 saturated heterocycles. The fourth-order valence-electron chi connectivity index (χ4n) is 0.760. The second kappa shape index (κ2) is 5.54. The number of aliphatic hydroxyl groups is 3. The Morgan fingerprint density at radius 1 is 1.33 bits per heavy atom. The summed E-state index contributed by atoms with van der Waals surface area (Å²) in [6.07, 6.45) is 5.15. The number of hydrogen-bond donors (Lipinski definition) is 3. The van der Waals surface area contributed by atoms with E-state index < -0.39 is 5.97 Å². The highest BCUT2D eigenvalue weighted by molar-refractivity contribution is 6.30. The lowest BCUT2D eigenvalue weighted by atomic mass is 10.2. The van der Waals surface area contributed by atoms with Crippen LogP contribution in [0.4, 0.5) is 0 Å². The minimum atomic E-state index is -2.87. The summed E-state index contributed by atoms with van der Waals surface area (Å²) in [5.41, 5.74) is 0. The first-order chi connectivity index (χ1) is 5.48. The molecule has 0 aliphatic heterocycles. The van der Waals surface area contributed by atoms with Crippen LogP contribution in [0.3, 0.4) is 0 Å². The van der Waals surface area contributed by atoms with Crippen LogP contribution in [0.5, 0.6) is 0 Å². The van der Waals surface area contributed by atoms with E-state index in [9.17, 15) is 0 Å². The molecule has 0 atom stereocenters. The summed E-state index contributed by atoms with van der Waals surface area (Å²) in [4.78, 5) is 0. The quantitative estimate of drug-likeness (QED) is 0.457. The molecular formula is C8H15ClO3. The van der Waals surface area contributed by atoms with Crippen LogP contribution in [0.15, 0.2) is 11.1 Å². The van der Waals surface area contributed by atoms with Crippen molar-refractivity contribution in [3.8, 4) is 0 Å². The number of hydrogen-bond acceptors (Lipinski definition) is 3. The molecule has 12 heavy (non-hydrogen) atoms. The molecule has 0 rings (SSSR count). The molecule has 3 N–H and O–H groups in total. The summed E-state index contributed by atoms with van der Waals surface area (Å²) in [7, 11) is 0. The summed E-state index contributed by atoms with van der Waals surface area (Å²) in [5, 5.41) is 25.3. The molecule has 0 aliphatic carbocycles. The Bertz CT molecular complexity index is 149. The minimum absolute atomic E-state index is 0.335. The summed E-state index contributed by atoms with van der Waals surface area (Å²) >= 11 is 5.35. The van der Waals surface area contributed by atoms with Gasteiger partial charge in [-0.05, 0) is 12.8 Å². The third-order valence-electron chi connectivity index (χ3n) is 1.45. The molecule has 4 heteroatoms. The molecule has 0 heterocycles. The van der Waals surface area contributed by atoms with Gasteiger partial charge in [0.2, 0.25) is 0 Å². The van der Waals surface area contributed by atoms with Gasteiger partial charge < -0.3 is 15.3 Å². The largest absolute Gasteiger partial charge is 0.339 e. The van der Waals surface area contributed by atoms with Gasteiger partial charge in [-0.3, -0.25) is 0 Å². The standard InChI is InChI=1S/C8H15ClO3/c1-2-3-4-5-6-7(9)8(10,11)12/h6,10-12H,2-5H2,1H3. The second-order valence-corrected chi connectivity index (χ2v) is 3.09. The van der Waals surface area contributed by atoms with Gasteiger partial charge in [0.15, 0.2) is 0 Å². The Labute approximate surface area is 77.3 Å². The van der Waals surface area contributed by atoms with Crippen molar-refractivity contribution in [1.82, 2.24) is 0 Å². The highest BCUT2D eigenvalue weighted by Crippen LogP contribution is 2.16. The molecule has 0 spiro atoms. The third kappa shape index (κ3) is 5.55. The van der Waals surface area contributed by atoms with Crippen molar-refractivity contribution in [2.75, 3.05) is 0 Å². The van der Waals surface area contributed by atoms with E-state index in [1.165, 1.54) is 6.08 Å². The van der Waals surface area contributed by atoms with Crippen LogP contribution < -0.4 is 0 Å². The lowest BCUT2D eigenvalue weighted by Crippen LogP contribution is -2.27. The maximum absolute atomic E-state index is 8.55. The average molecular weight is 195 g/mol. The lowest BCUT2D eigenvalue weighted by Gasteiger charge is -2.11. The van der Waals surface area contributed by atoms with Crippen LogP contribution in [0, 0.1) is 0 Å². The van der Waals surface area contributed by atoms with E-state index in [-0.39, 0.29) is 5.03 Å². The van der Waals surface area contributed by atoms with Gasteiger partial charge in [-0.15, -0.1) is 0 Å². The Hall–Kier alpha value is -0.0900. The molecular weight excluding hydrogens is 180 g/mol. The van der Waals surface area contributed by atoms with Crippen LogP contribution in [0.1, 0.15) is 32.6 Å². The zero-order valence-corrected chi connectivity index (χ0v) is 7.88. The van der Waals surface area contributed by atoms with Gasteiger partial charge in [-0.1, -0.05) is 37.4 Å². The molecule has 0 saturated carbocycles. The normalized spacial score (nSPS) is 13.6. The van der Waals surface area contributed by atoms with E-state index in [0.29, 0.717) is 6.42 Å². The molecule has 0 fully saturated rings. The van der Waals surface area contributed by atoms with Gasteiger partial charge in [0.25, 0.3) is 0 Å². The van der Waals surface area contributed by atoms with Crippen molar-refractivity contribution in [3.63, 3.8) is 0 Å². The molecule has 3 nitrogen and oxygen atoms in total. The molecule has 0 aromatic heterocycles. The number of halogens is 1. The predicted octanol–water partition coefficient (Wildman–Crippen LogP) is 1.32. The summed E-state index contributed by atoms with van der Waals surface area (Å²) in [6, 6.07) is 0. The summed E-state index contributed by atoms with van der Waals surface area (Å²) in [5.74, 6) is -2.87. The van der Waals surface area contributed by atoms with Gasteiger partial charge in [-0.25, -0.2) is 0 Å². The second-order valence-electron chi connectivity index (χ2n) is 2.68. The number of unbranched alkanes of at least 4 members (excludes halogenated alkanes) is 3. The number of rotatable bonds is 5. The van der Waals surface area contributed by atoms with Crippen molar-refractivity contribution in [1.29, 1.82) is 0 Å². The maximum atomic E-state index is 8.55. The van der Waals surface area contributed by atoms with E-state index in [4.69, 9.17) is 26.9 Å². The Balaban J connectivity index is 3.70. The van der Waals surface area contributed by atoms with Gasteiger partial charge in [0, 0.05) is 0 Å². The fourth-order valence-corrected chi connectivity index (χ4v) is 0.869. The SMILES string of the molecule is CCCCCC=C(Cl)C(O)(O)O. The Kier molecular flexibility index (Phi) is 5.50. The smallest absolute Gasteiger partial charge is 0.315 e. The zero-order valence-electron chi connectivity index (χ0n) is 7.13. The predicted molar refractivity (Wildman–Crippen MR) is 47.5 cm³/mol. The summed E-state index contributed by atoms with van der Waals surface area (Å²) in [6.45, 7) is 2.07. The number of allylic oxidation sites excluding steroid dienone is 1. The molecule has 72 valence electrons. The highest BCUT2D eigenvalue weighted by Gasteiger charge is 2.22. The topological polar surface area (TPSA) is 60.7 Å². The molecule has 0 amide bonds. The van der Waals surface area contributed by atoms with Gasteiger partial charge in [0.1, 0.15) is 5.03 Å². The van der Waals surface area contributed by atoms with Crippen LogP contribution in [0.25, 0.3) is 0 Å². The van der Waals surface area contributed by atoms with Crippen LogP contribution in [-0.4, -0.2) is 21.3 Å². The summed E-state index contributed by atoms with van der Waals surface area (Å²) < 4.78 is 0. The van der Waals surface area contributed by atoms with Crippen molar-refractivity contribution in [2.24, 2.45) is 0 Å². The van der Waals surface area contributed by atoms with E-state index in [0.717, 1.165) is 19.3 Å². The van der Waals surface area contributed by atoms with E-state index >= 15 is 0 Å². The van der Waals surface area contributed by atoms with Crippen molar-refractivity contribution >= 4 is 11.6 Å². The van der Waals surface area contributed by atoms with Crippen LogP contribution >= 0.6 is 11.6 Å². The first kappa shape index (κ1) is 11.9. The molecule has 0 radical (unpaired) electrons.